The highest BCUT2D eigenvalue weighted by Gasteiger charge is 2.11. The predicted octanol–water partition coefficient (Wildman–Crippen LogP) is 2.75. The minimum atomic E-state index is -0.311. The van der Waals surface area contributed by atoms with Crippen molar-refractivity contribution in [2.24, 2.45) is 0 Å². The first-order chi connectivity index (χ1) is 8.04. The summed E-state index contributed by atoms with van der Waals surface area (Å²) >= 11 is 6.01. The van der Waals surface area contributed by atoms with Crippen LogP contribution in [0.2, 0.25) is 5.02 Å². The zero-order valence-corrected chi connectivity index (χ0v) is 10.8. The number of carbonyl (C=O) groups excluding carboxylic acids is 1. The van der Waals surface area contributed by atoms with E-state index in [1.165, 1.54) is 0 Å². The summed E-state index contributed by atoms with van der Waals surface area (Å²) in [5, 5.41) is 6.50. The summed E-state index contributed by atoms with van der Waals surface area (Å²) in [6, 6.07) is 5.32. The van der Waals surface area contributed by atoms with Crippen LogP contribution in [-0.4, -0.2) is 18.5 Å². The van der Waals surface area contributed by atoms with Crippen molar-refractivity contribution in [3.8, 4) is 0 Å². The Labute approximate surface area is 107 Å². The molecule has 0 spiro atoms. The Kier molecular flexibility index (Phi) is 5.04. The second-order valence-electron chi connectivity index (χ2n) is 3.86. The fourth-order valence-corrected chi connectivity index (χ4v) is 1.50. The van der Waals surface area contributed by atoms with Crippen LogP contribution in [-0.2, 0) is 4.79 Å². The van der Waals surface area contributed by atoms with Crippen molar-refractivity contribution in [2.75, 3.05) is 11.9 Å². The number of aryl methyl sites for hydroxylation is 1. The lowest BCUT2D eigenvalue weighted by Crippen LogP contribution is -2.37. The predicted molar refractivity (Wildman–Crippen MR) is 72.5 cm³/mol. The van der Waals surface area contributed by atoms with Gasteiger partial charge in [0.25, 0.3) is 0 Å². The molecule has 2 N–H and O–H groups in total. The van der Waals surface area contributed by atoms with Crippen molar-refractivity contribution in [3.05, 3.63) is 41.4 Å². The summed E-state index contributed by atoms with van der Waals surface area (Å²) in [6.07, 6.45) is 1.65. The Morgan fingerprint density at radius 1 is 1.59 bits per heavy atom. The van der Waals surface area contributed by atoms with Gasteiger partial charge in [-0.1, -0.05) is 23.7 Å². The fourth-order valence-electron chi connectivity index (χ4n) is 1.32. The molecule has 0 fully saturated rings. The first kappa shape index (κ1) is 13.6. The quantitative estimate of drug-likeness (QED) is 0.792. The van der Waals surface area contributed by atoms with Crippen molar-refractivity contribution < 1.29 is 4.79 Å². The lowest BCUT2D eigenvalue weighted by molar-refractivity contribution is -0.121. The van der Waals surface area contributed by atoms with Gasteiger partial charge in [-0.05, 0) is 31.5 Å². The molecule has 0 saturated heterocycles. The molecule has 1 unspecified atom stereocenters. The highest BCUT2D eigenvalue weighted by molar-refractivity contribution is 6.31. The van der Waals surface area contributed by atoms with Crippen LogP contribution in [0.25, 0.3) is 0 Å². The smallest absolute Gasteiger partial charge is 0.242 e. The van der Waals surface area contributed by atoms with Crippen LogP contribution in [0.1, 0.15) is 12.5 Å². The number of anilines is 1. The Balaban J connectivity index is 2.61. The van der Waals surface area contributed by atoms with Crippen LogP contribution in [0, 0.1) is 6.92 Å². The van der Waals surface area contributed by atoms with E-state index in [0.717, 1.165) is 11.3 Å². The molecular weight excluding hydrogens is 236 g/mol. The number of benzene rings is 1. The number of halogens is 1. The van der Waals surface area contributed by atoms with Gasteiger partial charge in [0.15, 0.2) is 0 Å². The summed E-state index contributed by atoms with van der Waals surface area (Å²) in [4.78, 5) is 11.6. The fraction of sp³-hybridized carbons (Fsp3) is 0.308. The maximum atomic E-state index is 11.6. The molecule has 0 radical (unpaired) electrons. The number of amides is 1. The Morgan fingerprint density at radius 2 is 2.29 bits per heavy atom. The third-order valence-corrected chi connectivity index (χ3v) is 2.78. The molecule has 0 aliphatic rings. The number of carbonyl (C=O) groups is 1. The average molecular weight is 253 g/mol. The van der Waals surface area contributed by atoms with Gasteiger partial charge in [-0.25, -0.2) is 0 Å². The van der Waals surface area contributed by atoms with Gasteiger partial charge >= 0.3 is 0 Å². The standard InChI is InChI=1S/C13H17ClN2O/c1-4-7-15-13(17)10(3)16-11-6-5-9(2)12(14)8-11/h4-6,8,10,16H,1,7H2,2-3H3,(H,15,17). The third-order valence-electron chi connectivity index (χ3n) is 2.37. The van der Waals surface area contributed by atoms with Crippen LogP contribution in [0.15, 0.2) is 30.9 Å². The van der Waals surface area contributed by atoms with E-state index in [4.69, 9.17) is 11.6 Å². The molecule has 1 atom stereocenters. The molecule has 0 heterocycles. The molecule has 4 heteroatoms. The number of nitrogens with one attached hydrogen (secondary N) is 2. The third kappa shape index (κ3) is 4.11. The van der Waals surface area contributed by atoms with Gasteiger partial charge in [-0.2, -0.15) is 0 Å². The molecule has 1 rings (SSSR count). The van der Waals surface area contributed by atoms with Gasteiger partial charge in [0.1, 0.15) is 6.04 Å². The summed E-state index contributed by atoms with van der Waals surface area (Å²) in [5.41, 5.74) is 1.85. The minimum Gasteiger partial charge on any atom is -0.374 e. The molecule has 1 aromatic rings. The molecule has 1 amide bonds. The van der Waals surface area contributed by atoms with E-state index in [1.807, 2.05) is 25.1 Å². The molecule has 1 aromatic carbocycles. The van der Waals surface area contributed by atoms with Gasteiger partial charge in [-0.15, -0.1) is 6.58 Å². The molecule has 92 valence electrons. The molecule has 0 aliphatic heterocycles. The van der Waals surface area contributed by atoms with Gasteiger partial charge < -0.3 is 10.6 Å². The van der Waals surface area contributed by atoms with Gasteiger partial charge in [0.2, 0.25) is 5.91 Å². The monoisotopic (exact) mass is 252 g/mol. The number of hydrogen-bond acceptors (Lipinski definition) is 2. The van der Waals surface area contributed by atoms with Crippen LogP contribution in [0.5, 0.6) is 0 Å². The van der Waals surface area contributed by atoms with Crippen molar-refractivity contribution >= 4 is 23.2 Å². The Morgan fingerprint density at radius 3 is 2.88 bits per heavy atom. The Hall–Kier alpha value is -1.48. The molecule has 0 aromatic heterocycles. The Bertz CT molecular complexity index is 418. The second-order valence-corrected chi connectivity index (χ2v) is 4.27. The van der Waals surface area contributed by atoms with E-state index in [9.17, 15) is 4.79 Å². The molecule has 0 saturated carbocycles. The van der Waals surface area contributed by atoms with E-state index >= 15 is 0 Å². The van der Waals surface area contributed by atoms with Gasteiger partial charge in [0, 0.05) is 17.3 Å². The van der Waals surface area contributed by atoms with Crippen LogP contribution >= 0.6 is 11.6 Å². The first-order valence-electron chi connectivity index (χ1n) is 5.46. The van der Waals surface area contributed by atoms with E-state index in [1.54, 1.807) is 13.0 Å². The normalized spacial score (nSPS) is 11.7. The lowest BCUT2D eigenvalue weighted by atomic mass is 10.2. The van der Waals surface area contributed by atoms with Crippen LogP contribution in [0.3, 0.4) is 0 Å². The highest BCUT2D eigenvalue weighted by atomic mass is 35.5. The summed E-state index contributed by atoms with van der Waals surface area (Å²) in [7, 11) is 0. The zero-order valence-electron chi connectivity index (χ0n) is 10.1. The maximum Gasteiger partial charge on any atom is 0.242 e. The maximum absolute atomic E-state index is 11.6. The van der Waals surface area contributed by atoms with Gasteiger partial charge in [0.05, 0.1) is 0 Å². The average Bonchev–Trinajstić information content (AvgIpc) is 2.30. The van der Waals surface area contributed by atoms with Crippen molar-refractivity contribution in [3.63, 3.8) is 0 Å². The topological polar surface area (TPSA) is 41.1 Å². The zero-order chi connectivity index (χ0) is 12.8. The van der Waals surface area contributed by atoms with E-state index in [-0.39, 0.29) is 11.9 Å². The number of rotatable bonds is 5. The molecule has 0 aliphatic carbocycles. The molecule has 17 heavy (non-hydrogen) atoms. The van der Waals surface area contributed by atoms with Crippen molar-refractivity contribution in [2.45, 2.75) is 19.9 Å². The molecule has 3 nitrogen and oxygen atoms in total. The van der Waals surface area contributed by atoms with Crippen molar-refractivity contribution in [1.29, 1.82) is 0 Å². The molecule has 0 bridgehead atoms. The van der Waals surface area contributed by atoms with Crippen LogP contribution in [0.4, 0.5) is 5.69 Å². The SMILES string of the molecule is C=CCNC(=O)C(C)Nc1ccc(C)c(Cl)c1. The van der Waals surface area contributed by atoms with Crippen LogP contribution < -0.4 is 10.6 Å². The summed E-state index contributed by atoms with van der Waals surface area (Å²) in [5.74, 6) is -0.0680. The van der Waals surface area contributed by atoms with E-state index < -0.39 is 0 Å². The van der Waals surface area contributed by atoms with E-state index in [2.05, 4.69) is 17.2 Å². The minimum absolute atomic E-state index is 0.0680. The molecular formula is C13H17ClN2O. The largest absolute Gasteiger partial charge is 0.374 e. The van der Waals surface area contributed by atoms with Gasteiger partial charge in [-0.3, -0.25) is 4.79 Å². The highest BCUT2D eigenvalue weighted by Crippen LogP contribution is 2.20. The summed E-state index contributed by atoms with van der Waals surface area (Å²) < 4.78 is 0. The number of hydrogen-bond donors (Lipinski definition) is 2. The second kappa shape index (κ2) is 6.30. The van der Waals surface area contributed by atoms with Crippen molar-refractivity contribution in [1.82, 2.24) is 5.32 Å². The lowest BCUT2D eigenvalue weighted by Gasteiger charge is -2.15. The van der Waals surface area contributed by atoms with E-state index in [0.29, 0.717) is 11.6 Å². The summed E-state index contributed by atoms with van der Waals surface area (Å²) in [6.45, 7) is 7.75. The first-order valence-corrected chi connectivity index (χ1v) is 5.83.